The van der Waals surface area contributed by atoms with Crippen LogP contribution in [0, 0.1) is 5.82 Å². The van der Waals surface area contributed by atoms with Gasteiger partial charge in [0.2, 0.25) is 0 Å². The number of aromatic nitrogens is 1. The summed E-state index contributed by atoms with van der Waals surface area (Å²) in [6.45, 7) is 0. The molecule has 0 atom stereocenters. The van der Waals surface area contributed by atoms with Gasteiger partial charge in [-0.25, -0.2) is 9.18 Å². The Hall–Kier alpha value is -1.89. The predicted molar refractivity (Wildman–Crippen MR) is 70.1 cm³/mol. The zero-order valence-corrected chi connectivity index (χ0v) is 11.6. The minimum Gasteiger partial charge on any atom is -0.493 e. The van der Waals surface area contributed by atoms with Crippen LogP contribution in [0.3, 0.4) is 0 Å². The Kier molecular flexibility index (Phi) is 3.57. The van der Waals surface area contributed by atoms with Gasteiger partial charge >= 0.3 is 5.97 Å². The molecule has 0 fully saturated rings. The van der Waals surface area contributed by atoms with Gasteiger partial charge in [0.05, 0.1) is 24.2 Å². The molecule has 2 rings (SSSR count). The largest absolute Gasteiger partial charge is 0.493 e. The fourth-order valence-electron chi connectivity index (χ4n) is 1.72. The number of hydrogen-bond acceptors (Lipinski definition) is 4. The molecule has 100 valence electrons. The van der Waals surface area contributed by atoms with E-state index in [0.29, 0.717) is 10.9 Å². The number of ether oxygens (including phenoxy) is 2. The van der Waals surface area contributed by atoms with Gasteiger partial charge in [0.25, 0.3) is 5.56 Å². The minimum atomic E-state index is -0.787. The maximum Gasteiger partial charge on any atom is 0.343 e. The lowest BCUT2D eigenvalue weighted by Gasteiger charge is -2.09. The Bertz CT molecular complexity index is 726. The third-order valence-corrected chi connectivity index (χ3v) is 3.34. The van der Waals surface area contributed by atoms with Gasteiger partial charge in [-0.1, -0.05) is 0 Å². The number of carbonyl (C=O) groups excluding carboxylic acids is 1. The van der Waals surface area contributed by atoms with E-state index in [-0.39, 0.29) is 15.8 Å². The molecular formula is C12H9BrFNO4. The number of nitrogens with one attached hydrogen (secondary N) is 1. The number of H-pyrrole nitrogens is 1. The van der Waals surface area contributed by atoms with E-state index < -0.39 is 17.3 Å². The predicted octanol–water partition coefficient (Wildman–Crippen LogP) is 2.22. The first-order valence-corrected chi connectivity index (χ1v) is 5.96. The molecule has 1 heterocycles. The molecule has 0 spiro atoms. The molecule has 19 heavy (non-hydrogen) atoms. The van der Waals surface area contributed by atoms with Crippen molar-refractivity contribution in [1.82, 2.24) is 4.98 Å². The second-order valence-electron chi connectivity index (χ2n) is 3.67. The number of aromatic amines is 1. The molecule has 0 unspecified atom stereocenters. The quantitative estimate of drug-likeness (QED) is 0.858. The molecule has 0 radical (unpaired) electrons. The van der Waals surface area contributed by atoms with Crippen molar-refractivity contribution in [2.75, 3.05) is 14.2 Å². The zero-order valence-electron chi connectivity index (χ0n) is 10.0. The zero-order chi connectivity index (χ0) is 14.2. The normalized spacial score (nSPS) is 10.5. The van der Waals surface area contributed by atoms with Crippen molar-refractivity contribution >= 4 is 32.8 Å². The molecule has 7 heteroatoms. The molecule has 1 aromatic heterocycles. The number of esters is 1. The summed E-state index contributed by atoms with van der Waals surface area (Å²) in [5.74, 6) is -1.19. The molecule has 1 aromatic carbocycles. The molecule has 0 amide bonds. The number of rotatable bonds is 2. The highest BCUT2D eigenvalue weighted by atomic mass is 79.9. The Balaban J connectivity index is 2.86. The van der Waals surface area contributed by atoms with Crippen LogP contribution < -0.4 is 10.3 Å². The summed E-state index contributed by atoms with van der Waals surface area (Å²) in [6, 6.07) is 2.45. The molecular weight excluding hydrogens is 321 g/mol. The maximum absolute atomic E-state index is 13.7. The Morgan fingerprint density at radius 2 is 2.05 bits per heavy atom. The summed E-state index contributed by atoms with van der Waals surface area (Å²) in [4.78, 5) is 25.7. The number of fused-ring (bicyclic) bond motifs is 1. The summed E-state index contributed by atoms with van der Waals surface area (Å²) in [5.41, 5.74) is -0.525. The topological polar surface area (TPSA) is 68.4 Å². The van der Waals surface area contributed by atoms with E-state index >= 15 is 0 Å². The third kappa shape index (κ3) is 2.21. The van der Waals surface area contributed by atoms with Gasteiger partial charge in [0.15, 0.2) is 5.75 Å². The van der Waals surface area contributed by atoms with Crippen LogP contribution in [0.5, 0.6) is 5.75 Å². The highest BCUT2D eigenvalue weighted by molar-refractivity contribution is 9.10. The van der Waals surface area contributed by atoms with Crippen LogP contribution in [0.25, 0.3) is 10.9 Å². The third-order valence-electron chi connectivity index (χ3n) is 2.60. The monoisotopic (exact) mass is 329 g/mol. The smallest absolute Gasteiger partial charge is 0.343 e. The van der Waals surface area contributed by atoms with Crippen molar-refractivity contribution in [2.24, 2.45) is 0 Å². The maximum atomic E-state index is 13.7. The molecule has 0 aliphatic rings. The fraction of sp³-hybridized carbons (Fsp3) is 0.167. The Morgan fingerprint density at radius 1 is 1.37 bits per heavy atom. The summed E-state index contributed by atoms with van der Waals surface area (Å²) >= 11 is 3.03. The van der Waals surface area contributed by atoms with Crippen LogP contribution in [-0.2, 0) is 4.74 Å². The first-order chi connectivity index (χ1) is 8.99. The van der Waals surface area contributed by atoms with Crippen molar-refractivity contribution in [3.63, 3.8) is 0 Å². The number of carbonyl (C=O) groups is 1. The van der Waals surface area contributed by atoms with E-state index in [4.69, 9.17) is 4.74 Å². The van der Waals surface area contributed by atoms with Crippen molar-refractivity contribution in [2.45, 2.75) is 0 Å². The molecule has 0 saturated heterocycles. The lowest BCUT2D eigenvalue weighted by atomic mass is 10.1. The van der Waals surface area contributed by atoms with Gasteiger partial charge in [0, 0.05) is 5.39 Å². The molecule has 0 aliphatic carbocycles. The summed E-state index contributed by atoms with van der Waals surface area (Å²) in [6.07, 6.45) is 0. The lowest BCUT2D eigenvalue weighted by Crippen LogP contribution is -2.18. The number of methoxy groups -OCH3 is 2. The first kappa shape index (κ1) is 13.5. The van der Waals surface area contributed by atoms with Crippen LogP contribution >= 0.6 is 15.9 Å². The van der Waals surface area contributed by atoms with Crippen LogP contribution in [0.15, 0.2) is 21.4 Å². The van der Waals surface area contributed by atoms with Crippen LogP contribution in [0.2, 0.25) is 0 Å². The van der Waals surface area contributed by atoms with Crippen molar-refractivity contribution in [3.05, 3.63) is 38.3 Å². The van der Waals surface area contributed by atoms with E-state index in [9.17, 15) is 14.0 Å². The van der Waals surface area contributed by atoms with E-state index in [1.54, 1.807) is 0 Å². The van der Waals surface area contributed by atoms with E-state index in [2.05, 4.69) is 25.7 Å². The standard InChI is InChI=1S/C12H9BrFNO4/c1-18-10-8(13)7(14)4-5-3-6(12(17)19-2)11(16)15-9(5)10/h3-4H,1-2H3,(H,15,16). The van der Waals surface area contributed by atoms with Crippen molar-refractivity contribution in [1.29, 1.82) is 0 Å². The van der Waals surface area contributed by atoms with E-state index in [1.165, 1.54) is 19.2 Å². The van der Waals surface area contributed by atoms with Gasteiger partial charge in [0.1, 0.15) is 11.4 Å². The molecule has 2 aromatic rings. The van der Waals surface area contributed by atoms with Gasteiger partial charge in [-0.3, -0.25) is 4.79 Å². The van der Waals surface area contributed by atoms with Crippen LogP contribution in [-0.4, -0.2) is 25.2 Å². The highest BCUT2D eigenvalue weighted by Gasteiger charge is 2.17. The Morgan fingerprint density at radius 3 is 2.63 bits per heavy atom. The average molecular weight is 330 g/mol. The fourth-order valence-corrected chi connectivity index (χ4v) is 2.19. The first-order valence-electron chi connectivity index (χ1n) is 5.17. The average Bonchev–Trinajstić information content (AvgIpc) is 2.40. The second kappa shape index (κ2) is 5.00. The van der Waals surface area contributed by atoms with Crippen molar-refractivity contribution < 1.29 is 18.7 Å². The van der Waals surface area contributed by atoms with Crippen LogP contribution in [0.1, 0.15) is 10.4 Å². The number of halogens is 2. The minimum absolute atomic E-state index is 0.101. The summed E-state index contributed by atoms with van der Waals surface area (Å²) in [5, 5.41) is 0.331. The SMILES string of the molecule is COC(=O)c1cc2cc(F)c(Br)c(OC)c2[nH]c1=O. The number of hydrogen-bond donors (Lipinski definition) is 1. The highest BCUT2D eigenvalue weighted by Crippen LogP contribution is 2.34. The van der Waals surface area contributed by atoms with Crippen molar-refractivity contribution in [3.8, 4) is 5.75 Å². The van der Waals surface area contributed by atoms with Gasteiger partial charge in [-0.2, -0.15) is 0 Å². The number of pyridine rings is 1. The molecule has 0 aliphatic heterocycles. The van der Waals surface area contributed by atoms with E-state index in [1.807, 2.05) is 0 Å². The second-order valence-corrected chi connectivity index (χ2v) is 4.47. The molecule has 0 bridgehead atoms. The lowest BCUT2D eigenvalue weighted by molar-refractivity contribution is 0.0599. The van der Waals surface area contributed by atoms with Gasteiger partial charge in [-0.15, -0.1) is 0 Å². The van der Waals surface area contributed by atoms with E-state index in [0.717, 1.165) is 7.11 Å². The van der Waals surface area contributed by atoms with Gasteiger partial charge < -0.3 is 14.5 Å². The van der Waals surface area contributed by atoms with Crippen LogP contribution in [0.4, 0.5) is 4.39 Å². The van der Waals surface area contributed by atoms with Gasteiger partial charge in [-0.05, 0) is 28.1 Å². The molecule has 5 nitrogen and oxygen atoms in total. The molecule has 1 N–H and O–H groups in total. The molecule has 0 saturated carbocycles. The number of benzene rings is 1. The Labute approximate surface area is 115 Å². The summed E-state index contributed by atoms with van der Waals surface area (Å²) < 4.78 is 23.3. The summed E-state index contributed by atoms with van der Waals surface area (Å²) in [7, 11) is 2.51.